The number of amides is 1. The van der Waals surface area contributed by atoms with E-state index >= 15 is 0 Å². The number of carbonyl (C=O) groups is 1. The molecule has 0 radical (unpaired) electrons. The van der Waals surface area contributed by atoms with Gasteiger partial charge in [-0.25, -0.2) is 4.98 Å². The molecule has 1 aliphatic heterocycles. The number of hydrogen-bond donors (Lipinski definition) is 2. The van der Waals surface area contributed by atoms with E-state index in [1.807, 2.05) is 11.1 Å². The van der Waals surface area contributed by atoms with Crippen molar-refractivity contribution in [3.8, 4) is 0 Å². The topological polar surface area (TPSA) is 78.2 Å². The monoisotopic (exact) mass is 291 g/mol. The number of aromatic nitrogens is 2. The Morgan fingerprint density at radius 3 is 2.76 bits per heavy atom. The molecule has 1 aliphatic carbocycles. The standard InChI is InChI=1S/C15H25N5O/c16-13-3-1-2-12(13)10-15(21)20-8-6-19(7-9-20)11-14-17-4-5-18-14/h4-5,12-13H,1-3,6-11,16H2,(H,17,18)/t12-,13+/m0/s1. The van der Waals surface area contributed by atoms with Gasteiger partial charge in [-0.3, -0.25) is 9.69 Å². The van der Waals surface area contributed by atoms with Crippen molar-refractivity contribution >= 4 is 5.91 Å². The van der Waals surface area contributed by atoms with Gasteiger partial charge >= 0.3 is 0 Å². The van der Waals surface area contributed by atoms with Crippen LogP contribution in [0.1, 0.15) is 31.5 Å². The molecule has 1 saturated heterocycles. The molecule has 2 atom stereocenters. The van der Waals surface area contributed by atoms with Gasteiger partial charge in [-0.1, -0.05) is 6.42 Å². The maximum atomic E-state index is 12.4. The summed E-state index contributed by atoms with van der Waals surface area (Å²) >= 11 is 0. The zero-order chi connectivity index (χ0) is 14.7. The molecule has 2 heterocycles. The molecule has 1 aromatic heterocycles. The van der Waals surface area contributed by atoms with E-state index in [0.29, 0.717) is 12.3 Å². The molecule has 0 spiro atoms. The Morgan fingerprint density at radius 1 is 1.33 bits per heavy atom. The average Bonchev–Trinajstić information content (AvgIpc) is 3.12. The third-order valence-corrected chi connectivity index (χ3v) is 4.81. The van der Waals surface area contributed by atoms with E-state index in [-0.39, 0.29) is 11.9 Å². The molecule has 0 aromatic carbocycles. The van der Waals surface area contributed by atoms with Crippen LogP contribution in [0.5, 0.6) is 0 Å². The SMILES string of the molecule is N[C@@H]1CCC[C@H]1CC(=O)N1CCN(Cc2ncc[nH]2)CC1. The fourth-order valence-electron chi connectivity index (χ4n) is 3.42. The van der Waals surface area contributed by atoms with Crippen LogP contribution < -0.4 is 5.73 Å². The third-order valence-electron chi connectivity index (χ3n) is 4.81. The highest BCUT2D eigenvalue weighted by atomic mass is 16.2. The number of rotatable bonds is 4. The van der Waals surface area contributed by atoms with Crippen LogP contribution >= 0.6 is 0 Å². The first kappa shape index (κ1) is 14.5. The lowest BCUT2D eigenvalue weighted by atomic mass is 9.99. The first-order valence-electron chi connectivity index (χ1n) is 7.96. The van der Waals surface area contributed by atoms with Gasteiger partial charge in [-0.05, 0) is 18.8 Å². The Morgan fingerprint density at radius 2 is 2.14 bits per heavy atom. The van der Waals surface area contributed by atoms with Crippen molar-refractivity contribution < 1.29 is 4.79 Å². The number of aromatic amines is 1. The number of piperazine rings is 1. The van der Waals surface area contributed by atoms with Crippen LogP contribution in [0.15, 0.2) is 12.4 Å². The predicted octanol–water partition coefficient (Wildman–Crippen LogP) is 0.571. The van der Waals surface area contributed by atoms with E-state index in [2.05, 4.69) is 14.9 Å². The van der Waals surface area contributed by atoms with Crippen molar-refractivity contribution in [1.82, 2.24) is 19.8 Å². The number of carbonyl (C=O) groups excluding carboxylic acids is 1. The van der Waals surface area contributed by atoms with Crippen LogP contribution in [0.25, 0.3) is 0 Å². The summed E-state index contributed by atoms with van der Waals surface area (Å²) in [4.78, 5) is 24.1. The van der Waals surface area contributed by atoms with E-state index in [1.165, 1.54) is 6.42 Å². The highest BCUT2D eigenvalue weighted by Crippen LogP contribution is 2.27. The lowest BCUT2D eigenvalue weighted by molar-refractivity contribution is -0.134. The summed E-state index contributed by atoms with van der Waals surface area (Å²) < 4.78 is 0. The van der Waals surface area contributed by atoms with Crippen molar-refractivity contribution in [2.45, 2.75) is 38.3 Å². The van der Waals surface area contributed by atoms with Gasteiger partial charge in [0.1, 0.15) is 5.82 Å². The molecule has 0 unspecified atom stereocenters. The van der Waals surface area contributed by atoms with Gasteiger partial charge < -0.3 is 15.6 Å². The van der Waals surface area contributed by atoms with Crippen LogP contribution in [0.3, 0.4) is 0 Å². The van der Waals surface area contributed by atoms with Crippen molar-refractivity contribution in [3.05, 3.63) is 18.2 Å². The van der Waals surface area contributed by atoms with Crippen LogP contribution in [0.2, 0.25) is 0 Å². The minimum absolute atomic E-state index is 0.231. The van der Waals surface area contributed by atoms with E-state index in [0.717, 1.165) is 51.4 Å². The number of nitrogens with zero attached hydrogens (tertiary/aromatic N) is 3. The average molecular weight is 291 g/mol. The second-order valence-electron chi connectivity index (χ2n) is 6.25. The number of hydrogen-bond acceptors (Lipinski definition) is 4. The van der Waals surface area contributed by atoms with Crippen molar-refractivity contribution in [1.29, 1.82) is 0 Å². The van der Waals surface area contributed by atoms with E-state index in [9.17, 15) is 4.79 Å². The maximum absolute atomic E-state index is 12.4. The molecule has 116 valence electrons. The lowest BCUT2D eigenvalue weighted by Crippen LogP contribution is -2.49. The quantitative estimate of drug-likeness (QED) is 0.850. The summed E-state index contributed by atoms with van der Waals surface area (Å²) in [7, 11) is 0. The summed E-state index contributed by atoms with van der Waals surface area (Å²) in [5.74, 6) is 1.68. The molecular formula is C15H25N5O. The Kier molecular flexibility index (Phi) is 4.55. The van der Waals surface area contributed by atoms with E-state index < -0.39 is 0 Å². The summed E-state index contributed by atoms with van der Waals surface area (Å²) in [6.45, 7) is 4.32. The van der Waals surface area contributed by atoms with E-state index in [1.54, 1.807) is 6.20 Å². The Hall–Kier alpha value is -1.40. The molecule has 6 heteroatoms. The minimum Gasteiger partial charge on any atom is -0.348 e. The number of imidazole rings is 1. The maximum Gasteiger partial charge on any atom is 0.222 e. The second-order valence-corrected chi connectivity index (χ2v) is 6.25. The fraction of sp³-hybridized carbons (Fsp3) is 0.733. The molecule has 1 amide bonds. The Bertz CT molecular complexity index is 453. The molecule has 3 rings (SSSR count). The zero-order valence-corrected chi connectivity index (χ0v) is 12.5. The van der Waals surface area contributed by atoms with Crippen molar-refractivity contribution in [3.63, 3.8) is 0 Å². The summed E-state index contributed by atoms with van der Waals surface area (Å²) in [5.41, 5.74) is 6.07. The fourth-order valence-corrected chi connectivity index (χ4v) is 3.42. The van der Waals surface area contributed by atoms with Crippen LogP contribution in [-0.4, -0.2) is 57.9 Å². The van der Waals surface area contributed by atoms with Gasteiger partial charge in [-0.2, -0.15) is 0 Å². The van der Waals surface area contributed by atoms with Gasteiger partial charge in [0.25, 0.3) is 0 Å². The number of nitrogens with one attached hydrogen (secondary N) is 1. The van der Waals surface area contributed by atoms with Gasteiger partial charge in [0.05, 0.1) is 6.54 Å². The highest BCUT2D eigenvalue weighted by molar-refractivity contribution is 5.76. The van der Waals surface area contributed by atoms with Gasteiger partial charge in [0, 0.05) is 51.0 Å². The first-order valence-corrected chi connectivity index (χ1v) is 7.96. The molecular weight excluding hydrogens is 266 g/mol. The number of H-pyrrole nitrogens is 1. The van der Waals surface area contributed by atoms with Crippen LogP contribution in [-0.2, 0) is 11.3 Å². The van der Waals surface area contributed by atoms with Crippen LogP contribution in [0, 0.1) is 5.92 Å². The van der Waals surface area contributed by atoms with Crippen LogP contribution in [0.4, 0.5) is 0 Å². The third kappa shape index (κ3) is 3.63. The van der Waals surface area contributed by atoms with Gasteiger partial charge in [0.15, 0.2) is 0 Å². The number of nitrogens with two attached hydrogens (primary N) is 1. The highest BCUT2D eigenvalue weighted by Gasteiger charge is 2.29. The molecule has 3 N–H and O–H groups in total. The summed E-state index contributed by atoms with van der Waals surface area (Å²) in [5, 5.41) is 0. The van der Waals surface area contributed by atoms with E-state index in [4.69, 9.17) is 5.73 Å². The Labute approximate surface area is 125 Å². The predicted molar refractivity (Wildman–Crippen MR) is 80.4 cm³/mol. The first-order chi connectivity index (χ1) is 10.2. The second kappa shape index (κ2) is 6.58. The van der Waals surface area contributed by atoms with Crippen molar-refractivity contribution in [2.24, 2.45) is 11.7 Å². The molecule has 21 heavy (non-hydrogen) atoms. The molecule has 2 fully saturated rings. The largest absolute Gasteiger partial charge is 0.348 e. The lowest BCUT2D eigenvalue weighted by Gasteiger charge is -2.35. The molecule has 2 aliphatic rings. The normalized spacial score (nSPS) is 27.2. The molecule has 1 saturated carbocycles. The minimum atomic E-state index is 0.231. The Balaban J connectivity index is 1.43. The summed E-state index contributed by atoms with van der Waals surface area (Å²) in [6, 6.07) is 0.231. The summed E-state index contributed by atoms with van der Waals surface area (Å²) in [6.07, 6.45) is 7.63. The van der Waals surface area contributed by atoms with Gasteiger partial charge in [-0.15, -0.1) is 0 Å². The molecule has 1 aromatic rings. The smallest absolute Gasteiger partial charge is 0.222 e. The van der Waals surface area contributed by atoms with Crippen molar-refractivity contribution in [2.75, 3.05) is 26.2 Å². The van der Waals surface area contributed by atoms with Gasteiger partial charge in [0.2, 0.25) is 5.91 Å². The molecule has 6 nitrogen and oxygen atoms in total. The zero-order valence-electron chi connectivity index (χ0n) is 12.5. The molecule has 0 bridgehead atoms.